The summed E-state index contributed by atoms with van der Waals surface area (Å²) in [5, 5.41) is 3.27. The molecule has 0 saturated heterocycles. The zero-order chi connectivity index (χ0) is 17.3. The van der Waals surface area contributed by atoms with Gasteiger partial charge in [0.05, 0.1) is 6.20 Å². The van der Waals surface area contributed by atoms with E-state index in [2.05, 4.69) is 24.6 Å². The molecule has 0 atom stereocenters. The van der Waals surface area contributed by atoms with E-state index < -0.39 is 23.4 Å². The number of halogens is 4. The van der Waals surface area contributed by atoms with E-state index in [9.17, 15) is 22.4 Å². The van der Waals surface area contributed by atoms with Crippen LogP contribution in [0.3, 0.4) is 0 Å². The third kappa shape index (κ3) is 3.16. The molecule has 24 heavy (non-hydrogen) atoms. The molecule has 1 N–H and O–H groups in total. The zero-order valence-corrected chi connectivity index (χ0v) is 11.8. The van der Waals surface area contributed by atoms with Crippen LogP contribution in [-0.4, -0.2) is 20.1 Å². The van der Waals surface area contributed by atoms with Crippen LogP contribution in [0.25, 0.3) is 11.4 Å². The lowest BCUT2D eigenvalue weighted by molar-refractivity contribution is -0.159. The van der Waals surface area contributed by atoms with Crippen LogP contribution in [0.1, 0.15) is 17.1 Å². The molecule has 3 aromatic heterocycles. The van der Waals surface area contributed by atoms with Crippen LogP contribution in [0.5, 0.6) is 0 Å². The van der Waals surface area contributed by atoms with Crippen molar-refractivity contribution in [3.8, 4) is 11.4 Å². The van der Waals surface area contributed by atoms with Crippen LogP contribution in [0.2, 0.25) is 0 Å². The summed E-state index contributed by atoms with van der Waals surface area (Å²) in [4.78, 5) is 21.5. The van der Waals surface area contributed by atoms with Crippen molar-refractivity contribution in [1.29, 1.82) is 0 Å². The van der Waals surface area contributed by atoms with Crippen molar-refractivity contribution in [2.45, 2.75) is 12.6 Å². The predicted molar refractivity (Wildman–Crippen MR) is 72.4 cm³/mol. The standard InChI is InChI=1S/C14H8F4N4O2/c15-7-1-2-8(20-6-7)5-10-9(3-4-19-12(10)23)11-21-13(24-22-11)14(16,17)18/h1-4,6H,5H2,(H,19,23). The highest BCUT2D eigenvalue weighted by Gasteiger charge is 2.38. The molecule has 3 aromatic rings. The highest BCUT2D eigenvalue weighted by Crippen LogP contribution is 2.30. The molecule has 0 aliphatic rings. The van der Waals surface area contributed by atoms with E-state index in [1.807, 2.05) is 0 Å². The molecular formula is C14H8F4N4O2. The molecule has 0 saturated carbocycles. The molecule has 6 nitrogen and oxygen atoms in total. The van der Waals surface area contributed by atoms with E-state index in [0.29, 0.717) is 5.69 Å². The SMILES string of the molecule is O=c1[nH]ccc(-c2noc(C(F)(F)F)n2)c1Cc1ccc(F)cn1. The molecule has 10 heteroatoms. The largest absolute Gasteiger partial charge is 0.471 e. The zero-order valence-electron chi connectivity index (χ0n) is 11.8. The molecule has 124 valence electrons. The van der Waals surface area contributed by atoms with Gasteiger partial charge in [0.1, 0.15) is 5.82 Å². The Bertz CT molecular complexity index is 916. The van der Waals surface area contributed by atoms with Crippen LogP contribution in [0.4, 0.5) is 17.6 Å². The second-order valence-corrected chi connectivity index (χ2v) is 4.76. The molecule has 0 aromatic carbocycles. The highest BCUT2D eigenvalue weighted by molar-refractivity contribution is 5.59. The Hall–Kier alpha value is -3.04. The van der Waals surface area contributed by atoms with Gasteiger partial charge in [0, 0.05) is 29.4 Å². The molecule has 0 radical (unpaired) electrons. The van der Waals surface area contributed by atoms with Crippen LogP contribution >= 0.6 is 0 Å². The summed E-state index contributed by atoms with van der Waals surface area (Å²) in [6.45, 7) is 0. The van der Waals surface area contributed by atoms with Gasteiger partial charge in [-0.2, -0.15) is 18.2 Å². The predicted octanol–water partition coefficient (Wildman–Crippen LogP) is 2.57. The molecular weight excluding hydrogens is 332 g/mol. The van der Waals surface area contributed by atoms with E-state index in [4.69, 9.17) is 0 Å². The first-order valence-electron chi connectivity index (χ1n) is 6.57. The number of H-pyrrole nitrogens is 1. The average Bonchev–Trinajstić information content (AvgIpc) is 3.01. The van der Waals surface area contributed by atoms with Crippen molar-refractivity contribution in [2.75, 3.05) is 0 Å². The number of rotatable bonds is 3. The van der Waals surface area contributed by atoms with Gasteiger partial charge in [-0.3, -0.25) is 9.78 Å². The van der Waals surface area contributed by atoms with Gasteiger partial charge in [-0.15, -0.1) is 0 Å². The number of aromatic nitrogens is 4. The number of hydrogen-bond acceptors (Lipinski definition) is 5. The quantitative estimate of drug-likeness (QED) is 0.741. The Labute approximate surface area is 131 Å². The number of nitrogens with zero attached hydrogens (tertiary/aromatic N) is 3. The number of nitrogens with one attached hydrogen (secondary N) is 1. The molecule has 0 aliphatic heterocycles. The van der Waals surface area contributed by atoms with Gasteiger partial charge in [0.15, 0.2) is 0 Å². The molecule has 0 unspecified atom stereocenters. The maximum atomic E-state index is 12.9. The van der Waals surface area contributed by atoms with Crippen LogP contribution < -0.4 is 5.56 Å². The number of aromatic amines is 1. The van der Waals surface area contributed by atoms with Crippen molar-refractivity contribution in [3.05, 3.63) is 63.9 Å². The van der Waals surface area contributed by atoms with Gasteiger partial charge >= 0.3 is 12.1 Å². The Balaban J connectivity index is 2.03. The van der Waals surface area contributed by atoms with Crippen molar-refractivity contribution >= 4 is 0 Å². The summed E-state index contributed by atoms with van der Waals surface area (Å²) in [6.07, 6.45) is -2.60. The van der Waals surface area contributed by atoms with Gasteiger partial charge in [-0.05, 0) is 18.2 Å². The first-order chi connectivity index (χ1) is 11.3. The lowest BCUT2D eigenvalue weighted by atomic mass is 10.0. The smallest absolute Gasteiger partial charge is 0.329 e. The summed E-state index contributed by atoms with van der Waals surface area (Å²) < 4.78 is 54.8. The van der Waals surface area contributed by atoms with Gasteiger partial charge in [-0.1, -0.05) is 5.16 Å². The summed E-state index contributed by atoms with van der Waals surface area (Å²) in [5.41, 5.74) is -0.0267. The monoisotopic (exact) mass is 340 g/mol. The molecule has 0 fully saturated rings. The maximum absolute atomic E-state index is 12.9. The molecule has 0 aliphatic carbocycles. The molecule has 3 heterocycles. The van der Waals surface area contributed by atoms with E-state index in [1.54, 1.807) is 0 Å². The van der Waals surface area contributed by atoms with Gasteiger partial charge < -0.3 is 9.51 Å². The Morgan fingerprint density at radius 1 is 1.21 bits per heavy atom. The lowest BCUT2D eigenvalue weighted by Crippen LogP contribution is -2.14. The van der Waals surface area contributed by atoms with E-state index in [-0.39, 0.29) is 23.4 Å². The first-order valence-corrected chi connectivity index (χ1v) is 6.57. The minimum absolute atomic E-state index is 0.0400. The van der Waals surface area contributed by atoms with Gasteiger partial charge in [-0.25, -0.2) is 4.39 Å². The minimum atomic E-state index is -4.79. The van der Waals surface area contributed by atoms with Crippen molar-refractivity contribution in [3.63, 3.8) is 0 Å². The number of hydrogen-bond donors (Lipinski definition) is 1. The van der Waals surface area contributed by atoms with Gasteiger partial charge in [0.2, 0.25) is 5.82 Å². The average molecular weight is 340 g/mol. The summed E-state index contributed by atoms with van der Waals surface area (Å²) in [7, 11) is 0. The summed E-state index contributed by atoms with van der Waals surface area (Å²) in [5.74, 6) is -2.43. The Morgan fingerprint density at radius 2 is 2.00 bits per heavy atom. The third-order valence-corrected chi connectivity index (χ3v) is 3.12. The van der Waals surface area contributed by atoms with E-state index in [1.165, 1.54) is 18.3 Å². The normalized spacial score (nSPS) is 11.7. The second-order valence-electron chi connectivity index (χ2n) is 4.76. The van der Waals surface area contributed by atoms with Crippen LogP contribution in [-0.2, 0) is 12.6 Å². The first kappa shape index (κ1) is 15.8. The molecule has 0 bridgehead atoms. The fourth-order valence-corrected chi connectivity index (χ4v) is 2.04. The van der Waals surface area contributed by atoms with Crippen LogP contribution in [0, 0.1) is 5.82 Å². The lowest BCUT2D eigenvalue weighted by Gasteiger charge is -2.05. The second kappa shape index (κ2) is 5.87. The topological polar surface area (TPSA) is 84.7 Å². The Kier molecular flexibility index (Phi) is 3.87. The highest BCUT2D eigenvalue weighted by atomic mass is 19.4. The van der Waals surface area contributed by atoms with Crippen LogP contribution in [0.15, 0.2) is 39.9 Å². The molecule has 0 spiro atoms. The van der Waals surface area contributed by atoms with Gasteiger partial charge in [0.25, 0.3) is 5.56 Å². The summed E-state index contributed by atoms with van der Waals surface area (Å²) >= 11 is 0. The minimum Gasteiger partial charge on any atom is -0.329 e. The van der Waals surface area contributed by atoms with Crippen molar-refractivity contribution in [1.82, 2.24) is 20.1 Å². The van der Waals surface area contributed by atoms with Crippen molar-refractivity contribution in [2.24, 2.45) is 0 Å². The number of alkyl halides is 3. The number of pyridine rings is 2. The fraction of sp³-hybridized carbons (Fsp3) is 0.143. The van der Waals surface area contributed by atoms with E-state index >= 15 is 0 Å². The van der Waals surface area contributed by atoms with Crippen molar-refractivity contribution < 1.29 is 22.1 Å². The molecule has 3 rings (SSSR count). The summed E-state index contributed by atoms with van der Waals surface area (Å²) in [6, 6.07) is 3.88. The maximum Gasteiger partial charge on any atom is 0.471 e. The fourth-order valence-electron chi connectivity index (χ4n) is 2.04. The third-order valence-electron chi connectivity index (χ3n) is 3.12. The Morgan fingerprint density at radius 3 is 2.62 bits per heavy atom. The molecule has 0 amide bonds. The van der Waals surface area contributed by atoms with E-state index in [0.717, 1.165) is 12.3 Å².